The van der Waals surface area contributed by atoms with Crippen LogP contribution in [0.1, 0.15) is 43.6 Å². The predicted molar refractivity (Wildman–Crippen MR) is 70.4 cm³/mol. The summed E-state index contributed by atoms with van der Waals surface area (Å²) in [6.45, 7) is 8.13. The number of ether oxygens (including phenoxy) is 1. The molecule has 0 aliphatic rings. The SMILES string of the molecule is CCc1cccc(C(=O)C(OC)C(C)(C)C)c1. The maximum atomic E-state index is 12.4. The van der Waals surface area contributed by atoms with Gasteiger partial charge in [-0.25, -0.2) is 0 Å². The van der Waals surface area contributed by atoms with Crippen LogP contribution in [0.25, 0.3) is 0 Å². The van der Waals surface area contributed by atoms with Crippen molar-refractivity contribution >= 4 is 5.78 Å². The van der Waals surface area contributed by atoms with Gasteiger partial charge in [-0.2, -0.15) is 0 Å². The minimum atomic E-state index is -0.394. The van der Waals surface area contributed by atoms with Gasteiger partial charge >= 0.3 is 0 Å². The summed E-state index contributed by atoms with van der Waals surface area (Å²) in [4.78, 5) is 12.4. The van der Waals surface area contributed by atoms with Gasteiger partial charge in [0, 0.05) is 12.7 Å². The van der Waals surface area contributed by atoms with Crippen LogP contribution in [-0.2, 0) is 11.2 Å². The van der Waals surface area contributed by atoms with Crippen molar-refractivity contribution in [1.82, 2.24) is 0 Å². The Bertz CT molecular complexity index is 388. The molecule has 1 aromatic carbocycles. The van der Waals surface area contributed by atoms with E-state index in [2.05, 4.69) is 6.92 Å². The van der Waals surface area contributed by atoms with Gasteiger partial charge in [-0.05, 0) is 23.5 Å². The van der Waals surface area contributed by atoms with E-state index < -0.39 is 6.10 Å². The number of Topliss-reactive ketones (excluding diaryl/α,β-unsaturated/α-hetero) is 1. The van der Waals surface area contributed by atoms with Crippen molar-refractivity contribution in [1.29, 1.82) is 0 Å². The molecule has 0 fully saturated rings. The van der Waals surface area contributed by atoms with Gasteiger partial charge in [0.25, 0.3) is 0 Å². The number of ketones is 1. The zero-order valence-electron chi connectivity index (χ0n) is 11.4. The van der Waals surface area contributed by atoms with Crippen molar-refractivity contribution in [2.24, 2.45) is 5.41 Å². The second kappa shape index (κ2) is 5.46. The molecule has 0 bridgehead atoms. The molecule has 0 saturated heterocycles. The Labute approximate surface area is 104 Å². The van der Waals surface area contributed by atoms with Crippen LogP contribution in [0.3, 0.4) is 0 Å². The molecule has 2 nitrogen and oxygen atoms in total. The molecule has 0 heterocycles. The molecule has 0 radical (unpaired) electrons. The lowest BCUT2D eigenvalue weighted by Crippen LogP contribution is -2.36. The van der Waals surface area contributed by atoms with Crippen LogP contribution in [-0.4, -0.2) is 19.0 Å². The summed E-state index contributed by atoms with van der Waals surface area (Å²) in [6, 6.07) is 7.79. The van der Waals surface area contributed by atoms with E-state index in [1.54, 1.807) is 7.11 Å². The molecule has 2 heteroatoms. The monoisotopic (exact) mass is 234 g/mol. The van der Waals surface area contributed by atoms with E-state index in [0.29, 0.717) is 0 Å². The number of carbonyl (C=O) groups excluding carboxylic acids is 1. The summed E-state index contributed by atoms with van der Waals surface area (Å²) in [5, 5.41) is 0. The van der Waals surface area contributed by atoms with Gasteiger partial charge < -0.3 is 4.74 Å². The van der Waals surface area contributed by atoms with Crippen molar-refractivity contribution in [3.8, 4) is 0 Å². The van der Waals surface area contributed by atoms with Crippen LogP contribution in [0.2, 0.25) is 0 Å². The molecule has 94 valence electrons. The largest absolute Gasteiger partial charge is 0.373 e. The smallest absolute Gasteiger partial charge is 0.192 e. The Morgan fingerprint density at radius 2 is 2.00 bits per heavy atom. The van der Waals surface area contributed by atoms with E-state index in [1.807, 2.05) is 45.0 Å². The van der Waals surface area contributed by atoms with Crippen molar-refractivity contribution in [3.63, 3.8) is 0 Å². The van der Waals surface area contributed by atoms with Crippen molar-refractivity contribution in [3.05, 3.63) is 35.4 Å². The minimum Gasteiger partial charge on any atom is -0.373 e. The van der Waals surface area contributed by atoms with Gasteiger partial charge in [0.2, 0.25) is 0 Å². The highest BCUT2D eigenvalue weighted by atomic mass is 16.5. The number of aryl methyl sites for hydroxylation is 1. The molecule has 0 amide bonds. The Kier molecular flexibility index (Phi) is 4.47. The molecular weight excluding hydrogens is 212 g/mol. The Morgan fingerprint density at radius 3 is 2.47 bits per heavy atom. The number of benzene rings is 1. The number of carbonyl (C=O) groups is 1. The summed E-state index contributed by atoms with van der Waals surface area (Å²) in [6.07, 6.45) is 0.545. The summed E-state index contributed by atoms with van der Waals surface area (Å²) >= 11 is 0. The Morgan fingerprint density at radius 1 is 1.35 bits per heavy atom. The van der Waals surface area contributed by atoms with Crippen LogP contribution < -0.4 is 0 Å². The zero-order chi connectivity index (χ0) is 13.1. The van der Waals surface area contributed by atoms with Gasteiger partial charge in [-0.1, -0.05) is 45.9 Å². The third-order valence-corrected chi connectivity index (χ3v) is 2.88. The summed E-state index contributed by atoms with van der Waals surface area (Å²) in [5.74, 6) is 0.0651. The molecule has 0 spiro atoms. The average Bonchev–Trinajstić information content (AvgIpc) is 2.28. The highest BCUT2D eigenvalue weighted by Gasteiger charge is 2.31. The predicted octanol–water partition coefficient (Wildman–Crippen LogP) is 3.49. The highest BCUT2D eigenvalue weighted by Crippen LogP contribution is 2.25. The van der Waals surface area contributed by atoms with Gasteiger partial charge in [0.1, 0.15) is 6.10 Å². The van der Waals surface area contributed by atoms with E-state index in [0.717, 1.165) is 12.0 Å². The second-order valence-corrected chi connectivity index (χ2v) is 5.40. The zero-order valence-corrected chi connectivity index (χ0v) is 11.4. The van der Waals surface area contributed by atoms with Crippen LogP contribution in [0.15, 0.2) is 24.3 Å². The molecule has 0 aliphatic carbocycles. The fourth-order valence-electron chi connectivity index (χ4n) is 1.95. The minimum absolute atomic E-state index is 0.0651. The molecule has 17 heavy (non-hydrogen) atoms. The standard InChI is InChI=1S/C15H22O2/c1-6-11-8-7-9-12(10-11)13(16)14(17-5)15(2,3)4/h7-10,14H,6H2,1-5H3. The normalized spacial score (nSPS) is 13.5. The lowest BCUT2D eigenvalue weighted by atomic mass is 9.84. The lowest BCUT2D eigenvalue weighted by molar-refractivity contribution is 0.0196. The molecule has 1 aromatic rings. The molecular formula is C15H22O2. The molecule has 1 rings (SSSR count). The van der Waals surface area contributed by atoms with Crippen molar-refractivity contribution < 1.29 is 9.53 Å². The van der Waals surface area contributed by atoms with E-state index in [9.17, 15) is 4.79 Å². The fraction of sp³-hybridized carbons (Fsp3) is 0.533. The maximum Gasteiger partial charge on any atom is 0.192 e. The van der Waals surface area contributed by atoms with Crippen molar-refractivity contribution in [2.45, 2.75) is 40.2 Å². The van der Waals surface area contributed by atoms with Gasteiger partial charge in [-0.3, -0.25) is 4.79 Å². The molecule has 0 saturated carbocycles. The van der Waals surface area contributed by atoms with E-state index >= 15 is 0 Å². The van der Waals surface area contributed by atoms with E-state index in [4.69, 9.17) is 4.74 Å². The lowest BCUT2D eigenvalue weighted by Gasteiger charge is -2.28. The fourth-order valence-corrected chi connectivity index (χ4v) is 1.95. The molecule has 0 aliphatic heterocycles. The number of hydrogen-bond acceptors (Lipinski definition) is 2. The first-order valence-corrected chi connectivity index (χ1v) is 6.06. The quantitative estimate of drug-likeness (QED) is 0.745. The summed E-state index contributed by atoms with van der Waals surface area (Å²) in [7, 11) is 1.59. The van der Waals surface area contributed by atoms with Gasteiger partial charge in [0.15, 0.2) is 5.78 Å². The highest BCUT2D eigenvalue weighted by molar-refractivity contribution is 6.00. The topological polar surface area (TPSA) is 26.3 Å². The van der Waals surface area contributed by atoms with E-state index in [-0.39, 0.29) is 11.2 Å². The third kappa shape index (κ3) is 3.40. The molecule has 1 atom stereocenters. The van der Waals surface area contributed by atoms with Crippen molar-refractivity contribution in [2.75, 3.05) is 7.11 Å². The maximum absolute atomic E-state index is 12.4. The van der Waals surface area contributed by atoms with E-state index in [1.165, 1.54) is 5.56 Å². The van der Waals surface area contributed by atoms with Gasteiger partial charge in [0.05, 0.1) is 0 Å². The number of rotatable bonds is 4. The molecule has 0 N–H and O–H groups in total. The van der Waals surface area contributed by atoms with Crippen LogP contribution in [0.4, 0.5) is 0 Å². The Hall–Kier alpha value is -1.15. The van der Waals surface area contributed by atoms with Crippen LogP contribution in [0, 0.1) is 5.41 Å². The second-order valence-electron chi connectivity index (χ2n) is 5.40. The average molecular weight is 234 g/mol. The van der Waals surface area contributed by atoms with Gasteiger partial charge in [-0.15, -0.1) is 0 Å². The van der Waals surface area contributed by atoms with Crippen LogP contribution >= 0.6 is 0 Å². The Balaban J connectivity index is 3.02. The number of hydrogen-bond donors (Lipinski definition) is 0. The molecule has 0 aromatic heterocycles. The first-order chi connectivity index (χ1) is 7.90. The summed E-state index contributed by atoms with van der Waals surface area (Å²) in [5.41, 5.74) is 1.74. The first kappa shape index (κ1) is 13.9. The third-order valence-electron chi connectivity index (χ3n) is 2.88. The van der Waals surface area contributed by atoms with Crippen LogP contribution in [0.5, 0.6) is 0 Å². The summed E-state index contributed by atoms with van der Waals surface area (Å²) < 4.78 is 5.35. The first-order valence-electron chi connectivity index (χ1n) is 6.06. The number of methoxy groups -OCH3 is 1. The molecule has 1 unspecified atom stereocenters.